The van der Waals surface area contributed by atoms with Gasteiger partial charge in [0.25, 0.3) is 0 Å². The summed E-state index contributed by atoms with van der Waals surface area (Å²) in [4.78, 5) is 10.3. The van der Waals surface area contributed by atoms with Crippen LogP contribution in [0, 0.1) is 0 Å². The molecule has 0 aromatic heterocycles. The molecule has 2 aromatic rings. The summed E-state index contributed by atoms with van der Waals surface area (Å²) in [6, 6.07) is 17.3. The van der Waals surface area contributed by atoms with Crippen molar-refractivity contribution < 1.29 is 4.74 Å². The number of nitrogens with zero attached hydrogens (tertiary/aromatic N) is 3. The summed E-state index contributed by atoms with van der Waals surface area (Å²) in [5, 5.41) is 0. The number of amidine groups is 1. The predicted octanol–water partition coefficient (Wildman–Crippen LogP) is 1.52. The second-order valence-electron chi connectivity index (χ2n) is 4.77. The first kappa shape index (κ1) is 14.1. The van der Waals surface area contributed by atoms with Gasteiger partial charge in [-0.15, -0.1) is 0 Å². The maximum atomic E-state index is 6.14. The molecule has 112 valence electrons. The smallest absolute Gasteiger partial charge is 0.220 e. The second-order valence-corrected chi connectivity index (χ2v) is 4.77. The van der Waals surface area contributed by atoms with Crippen LogP contribution in [0.5, 0.6) is 5.75 Å². The van der Waals surface area contributed by atoms with Gasteiger partial charge in [0.15, 0.2) is 6.29 Å². The molecule has 0 radical (unpaired) electrons. The summed E-state index contributed by atoms with van der Waals surface area (Å²) in [5.74, 6) is 1.61. The lowest BCUT2D eigenvalue weighted by Crippen LogP contribution is -2.49. The van der Waals surface area contributed by atoms with E-state index in [-0.39, 0.29) is 5.96 Å². The molecule has 0 bridgehead atoms. The van der Waals surface area contributed by atoms with Crippen LogP contribution in [0.3, 0.4) is 0 Å². The van der Waals surface area contributed by atoms with E-state index < -0.39 is 6.29 Å². The standard InChI is InChI=1S/C16H17N5O/c1-22-13-9-7-11(8-10-13)14-19-15(17)20-16(18)21(14)12-5-3-2-4-6-12/h2-10,16H,18H2,1H3,(H2,17,20). The number of rotatable bonds is 3. The van der Waals surface area contributed by atoms with Gasteiger partial charge in [-0.1, -0.05) is 18.2 Å². The molecule has 3 rings (SSSR count). The minimum Gasteiger partial charge on any atom is -0.497 e. The number of nitrogens with two attached hydrogens (primary N) is 2. The molecule has 1 heterocycles. The minimum absolute atomic E-state index is 0.172. The minimum atomic E-state index is -0.614. The van der Waals surface area contributed by atoms with E-state index in [4.69, 9.17) is 16.2 Å². The van der Waals surface area contributed by atoms with Gasteiger partial charge in [-0.2, -0.15) is 4.99 Å². The van der Waals surface area contributed by atoms with Crippen molar-refractivity contribution in [1.82, 2.24) is 0 Å². The summed E-state index contributed by atoms with van der Waals surface area (Å²) >= 11 is 0. The fourth-order valence-electron chi connectivity index (χ4n) is 2.32. The lowest BCUT2D eigenvalue weighted by atomic mass is 10.1. The van der Waals surface area contributed by atoms with Gasteiger partial charge in [0.05, 0.1) is 7.11 Å². The molecule has 1 unspecified atom stereocenters. The highest BCUT2D eigenvalue weighted by Gasteiger charge is 2.25. The van der Waals surface area contributed by atoms with E-state index in [1.807, 2.05) is 59.5 Å². The molecule has 0 amide bonds. The van der Waals surface area contributed by atoms with Crippen molar-refractivity contribution in [2.24, 2.45) is 21.5 Å². The molecule has 1 aliphatic rings. The molecular weight excluding hydrogens is 278 g/mol. The Labute approximate surface area is 128 Å². The SMILES string of the molecule is COc1ccc(C2=NC(N)=NC(N)N2c2ccccc2)cc1. The average molecular weight is 295 g/mol. The maximum Gasteiger partial charge on any atom is 0.220 e. The van der Waals surface area contributed by atoms with E-state index in [1.54, 1.807) is 7.11 Å². The van der Waals surface area contributed by atoms with Crippen LogP contribution in [-0.4, -0.2) is 25.2 Å². The first-order valence-electron chi connectivity index (χ1n) is 6.85. The van der Waals surface area contributed by atoms with Crippen molar-refractivity contribution in [3.05, 3.63) is 60.2 Å². The summed E-state index contributed by atoms with van der Waals surface area (Å²) in [5.41, 5.74) is 13.7. The third-order valence-electron chi connectivity index (χ3n) is 3.36. The molecule has 0 fully saturated rings. The van der Waals surface area contributed by atoms with Gasteiger partial charge in [-0.25, -0.2) is 4.99 Å². The molecule has 0 spiro atoms. The van der Waals surface area contributed by atoms with Gasteiger partial charge in [0, 0.05) is 11.3 Å². The number of guanidine groups is 1. The van der Waals surface area contributed by atoms with Crippen LogP contribution in [0.25, 0.3) is 0 Å². The van der Waals surface area contributed by atoms with Crippen LogP contribution in [0.15, 0.2) is 64.6 Å². The number of anilines is 1. The van der Waals surface area contributed by atoms with Gasteiger partial charge >= 0.3 is 0 Å². The van der Waals surface area contributed by atoms with Crippen LogP contribution in [0.1, 0.15) is 5.56 Å². The topological polar surface area (TPSA) is 89.2 Å². The molecule has 0 aliphatic carbocycles. The monoisotopic (exact) mass is 295 g/mol. The van der Waals surface area contributed by atoms with Crippen molar-refractivity contribution in [3.8, 4) is 5.75 Å². The zero-order valence-electron chi connectivity index (χ0n) is 12.2. The van der Waals surface area contributed by atoms with Gasteiger partial charge < -0.3 is 10.5 Å². The molecule has 1 aliphatic heterocycles. The van der Waals surface area contributed by atoms with Gasteiger partial charge in [-0.05, 0) is 36.4 Å². The van der Waals surface area contributed by atoms with Crippen LogP contribution in [-0.2, 0) is 0 Å². The van der Waals surface area contributed by atoms with Gasteiger partial charge in [0.1, 0.15) is 11.6 Å². The fraction of sp³-hybridized carbons (Fsp3) is 0.125. The lowest BCUT2D eigenvalue weighted by molar-refractivity contribution is 0.415. The molecule has 22 heavy (non-hydrogen) atoms. The maximum absolute atomic E-state index is 6.14. The van der Waals surface area contributed by atoms with Crippen LogP contribution in [0.4, 0.5) is 5.69 Å². The Bertz CT molecular complexity index is 709. The van der Waals surface area contributed by atoms with E-state index >= 15 is 0 Å². The van der Waals surface area contributed by atoms with E-state index in [9.17, 15) is 0 Å². The number of aliphatic imine (C=N–C) groups is 2. The molecule has 4 N–H and O–H groups in total. The number of ether oxygens (including phenoxy) is 1. The predicted molar refractivity (Wildman–Crippen MR) is 88.0 cm³/mol. The normalized spacial score (nSPS) is 17.7. The number of methoxy groups -OCH3 is 1. The zero-order chi connectivity index (χ0) is 15.5. The fourth-order valence-corrected chi connectivity index (χ4v) is 2.32. The third-order valence-corrected chi connectivity index (χ3v) is 3.36. The highest BCUT2D eigenvalue weighted by Crippen LogP contribution is 2.23. The summed E-state index contributed by atoms with van der Waals surface area (Å²) in [6.07, 6.45) is -0.614. The van der Waals surface area contributed by atoms with Crippen molar-refractivity contribution in [1.29, 1.82) is 0 Å². The highest BCUT2D eigenvalue weighted by atomic mass is 16.5. The van der Waals surface area contributed by atoms with Crippen molar-refractivity contribution >= 4 is 17.5 Å². The summed E-state index contributed by atoms with van der Waals surface area (Å²) in [6.45, 7) is 0. The van der Waals surface area contributed by atoms with E-state index in [1.165, 1.54) is 0 Å². The van der Waals surface area contributed by atoms with Crippen molar-refractivity contribution in [2.45, 2.75) is 6.29 Å². The van der Waals surface area contributed by atoms with Crippen molar-refractivity contribution in [3.63, 3.8) is 0 Å². The Morgan fingerprint density at radius 1 is 1.05 bits per heavy atom. The number of para-hydroxylation sites is 1. The average Bonchev–Trinajstić information content (AvgIpc) is 2.55. The molecule has 0 saturated heterocycles. The Hall–Kier alpha value is -2.86. The number of hydrogen-bond acceptors (Lipinski definition) is 6. The molecule has 6 heteroatoms. The van der Waals surface area contributed by atoms with E-state index in [0.29, 0.717) is 5.84 Å². The van der Waals surface area contributed by atoms with Gasteiger partial charge in [-0.3, -0.25) is 10.6 Å². The zero-order valence-corrected chi connectivity index (χ0v) is 12.2. The first-order chi connectivity index (χ1) is 10.7. The largest absolute Gasteiger partial charge is 0.497 e. The molecule has 2 aromatic carbocycles. The van der Waals surface area contributed by atoms with Crippen molar-refractivity contribution in [2.75, 3.05) is 12.0 Å². The lowest BCUT2D eigenvalue weighted by Gasteiger charge is -2.32. The summed E-state index contributed by atoms with van der Waals surface area (Å²) in [7, 11) is 1.63. The quantitative estimate of drug-likeness (QED) is 0.898. The third kappa shape index (κ3) is 2.64. The van der Waals surface area contributed by atoms with E-state index in [0.717, 1.165) is 17.0 Å². The molecule has 6 nitrogen and oxygen atoms in total. The van der Waals surface area contributed by atoms with Crippen LogP contribution < -0.4 is 21.1 Å². The highest BCUT2D eigenvalue weighted by molar-refractivity contribution is 6.15. The molecular formula is C16H17N5O. The molecule has 1 atom stereocenters. The van der Waals surface area contributed by atoms with E-state index in [2.05, 4.69) is 9.98 Å². The number of hydrogen-bond donors (Lipinski definition) is 2. The Morgan fingerprint density at radius 3 is 2.36 bits per heavy atom. The summed E-state index contributed by atoms with van der Waals surface area (Å²) < 4.78 is 5.18. The number of benzene rings is 2. The van der Waals surface area contributed by atoms with Gasteiger partial charge in [0.2, 0.25) is 5.96 Å². The molecule has 0 saturated carbocycles. The van der Waals surface area contributed by atoms with Crippen LogP contribution in [0.2, 0.25) is 0 Å². The Kier molecular flexibility index (Phi) is 3.76. The second kappa shape index (κ2) is 5.87. The Balaban J connectivity index is 2.05. The first-order valence-corrected chi connectivity index (χ1v) is 6.85. The Morgan fingerprint density at radius 2 is 1.73 bits per heavy atom. The van der Waals surface area contributed by atoms with Crippen LogP contribution >= 0.6 is 0 Å².